The monoisotopic (exact) mass is 155 g/mol. The molecular weight excluding hydrogens is 142 g/mol. The van der Waals surface area contributed by atoms with Crippen molar-refractivity contribution in [1.82, 2.24) is 5.01 Å². The molecule has 62 valence electrons. The molecule has 0 atom stereocenters. The van der Waals surface area contributed by atoms with Crippen molar-refractivity contribution in [2.24, 2.45) is 5.22 Å². The van der Waals surface area contributed by atoms with Gasteiger partial charge >= 0.3 is 0 Å². The number of hydrogen-bond acceptors (Lipinski definition) is 3. The van der Waals surface area contributed by atoms with Gasteiger partial charge in [-0.3, -0.25) is 5.01 Å². The van der Waals surface area contributed by atoms with E-state index in [1.807, 2.05) is 6.08 Å². The van der Waals surface area contributed by atoms with Gasteiger partial charge in [0.25, 0.3) is 0 Å². The minimum atomic E-state index is 0.603. The Morgan fingerprint density at radius 1 is 1.55 bits per heavy atom. The summed E-state index contributed by atoms with van der Waals surface area (Å²) in [6, 6.07) is 0. The second-order valence-corrected chi connectivity index (χ2v) is 2.16. The molecular formula is C7H13N3O. The molecule has 4 nitrogen and oxygen atoms in total. The van der Waals surface area contributed by atoms with E-state index < -0.39 is 0 Å². The topological polar surface area (TPSA) is 56.5 Å². The van der Waals surface area contributed by atoms with Crippen LogP contribution in [0.15, 0.2) is 17.5 Å². The third-order valence-corrected chi connectivity index (χ3v) is 1.17. The highest BCUT2D eigenvalue weighted by Crippen LogP contribution is 1.95. The van der Waals surface area contributed by atoms with Crippen molar-refractivity contribution in [2.45, 2.75) is 19.3 Å². The zero-order chi connectivity index (χ0) is 8.53. The lowest BCUT2D eigenvalue weighted by Crippen LogP contribution is -1.97. The van der Waals surface area contributed by atoms with E-state index in [0.717, 1.165) is 19.1 Å². The van der Waals surface area contributed by atoms with Gasteiger partial charge < -0.3 is 4.79 Å². The van der Waals surface area contributed by atoms with Crippen LogP contribution in [0.4, 0.5) is 0 Å². The van der Waals surface area contributed by atoms with E-state index in [0.29, 0.717) is 6.42 Å². The minimum Gasteiger partial charge on any atom is -0.303 e. The van der Waals surface area contributed by atoms with Crippen molar-refractivity contribution >= 4 is 6.29 Å². The highest BCUT2D eigenvalue weighted by Gasteiger charge is 1.83. The van der Waals surface area contributed by atoms with Crippen LogP contribution in [0.3, 0.4) is 0 Å². The summed E-state index contributed by atoms with van der Waals surface area (Å²) < 4.78 is 0. The van der Waals surface area contributed by atoms with Crippen LogP contribution < -0.4 is 0 Å². The molecule has 0 spiro atoms. The van der Waals surface area contributed by atoms with E-state index >= 15 is 0 Å². The molecule has 0 fully saturated rings. The molecule has 0 aliphatic heterocycles. The van der Waals surface area contributed by atoms with E-state index in [-0.39, 0.29) is 0 Å². The molecule has 0 unspecified atom stereocenters. The first-order valence-electron chi connectivity index (χ1n) is 3.51. The molecule has 0 amide bonds. The van der Waals surface area contributed by atoms with Crippen LogP contribution in [0.2, 0.25) is 0 Å². The Kier molecular flexibility index (Phi) is 6.17. The van der Waals surface area contributed by atoms with Crippen LogP contribution in [0, 0.1) is 5.53 Å². The van der Waals surface area contributed by atoms with Gasteiger partial charge in [0, 0.05) is 19.7 Å². The molecule has 4 heteroatoms. The van der Waals surface area contributed by atoms with E-state index in [1.165, 1.54) is 5.01 Å². The van der Waals surface area contributed by atoms with Gasteiger partial charge in [0.05, 0.1) is 0 Å². The summed E-state index contributed by atoms with van der Waals surface area (Å²) in [7, 11) is 1.68. The summed E-state index contributed by atoms with van der Waals surface area (Å²) in [5, 5.41) is 4.54. The zero-order valence-corrected chi connectivity index (χ0v) is 6.66. The summed E-state index contributed by atoms with van der Waals surface area (Å²) >= 11 is 0. The average molecular weight is 155 g/mol. The van der Waals surface area contributed by atoms with Crippen LogP contribution in [-0.4, -0.2) is 18.3 Å². The molecule has 0 saturated carbocycles. The molecule has 0 heterocycles. The Bertz CT molecular complexity index is 145. The average Bonchev–Trinajstić information content (AvgIpc) is 2.04. The summed E-state index contributed by atoms with van der Waals surface area (Å²) in [6.45, 7) is 0. The Morgan fingerprint density at radius 2 is 2.27 bits per heavy atom. The predicted molar refractivity (Wildman–Crippen MR) is 42.0 cm³/mol. The van der Waals surface area contributed by atoms with Crippen LogP contribution in [-0.2, 0) is 4.79 Å². The van der Waals surface area contributed by atoms with Gasteiger partial charge in [-0.05, 0) is 12.8 Å². The molecule has 0 aliphatic carbocycles. The summed E-state index contributed by atoms with van der Waals surface area (Å²) in [6.07, 6.45) is 6.84. The number of rotatable bonds is 6. The fourth-order valence-electron chi connectivity index (χ4n) is 0.579. The van der Waals surface area contributed by atoms with Crippen molar-refractivity contribution in [1.29, 1.82) is 5.53 Å². The van der Waals surface area contributed by atoms with Gasteiger partial charge in [-0.1, -0.05) is 11.3 Å². The Labute approximate surface area is 66.4 Å². The molecule has 0 saturated heterocycles. The Hall–Kier alpha value is -1.19. The fourth-order valence-corrected chi connectivity index (χ4v) is 0.579. The number of nitrogens with one attached hydrogen (secondary N) is 1. The zero-order valence-electron chi connectivity index (χ0n) is 6.66. The number of allylic oxidation sites excluding steroid dienone is 1. The SMILES string of the molecule is CN(/C=C/CCCC=O)N=N. The van der Waals surface area contributed by atoms with Gasteiger partial charge in [-0.25, -0.2) is 0 Å². The number of unbranched alkanes of at least 4 members (excludes halogenated alkanes) is 2. The fraction of sp³-hybridized carbons (Fsp3) is 0.571. The van der Waals surface area contributed by atoms with Crippen molar-refractivity contribution < 1.29 is 4.79 Å². The van der Waals surface area contributed by atoms with Crippen molar-refractivity contribution in [3.63, 3.8) is 0 Å². The number of aldehydes is 1. The van der Waals surface area contributed by atoms with Crippen LogP contribution in [0.5, 0.6) is 0 Å². The maximum absolute atomic E-state index is 9.88. The maximum Gasteiger partial charge on any atom is 0.120 e. The van der Waals surface area contributed by atoms with Gasteiger partial charge in [0.2, 0.25) is 0 Å². The van der Waals surface area contributed by atoms with E-state index in [2.05, 4.69) is 5.22 Å². The standard InChI is InChI=1S/C7H13N3O/c1-10(9-8)6-4-2-3-5-7-11/h4,6-8H,2-3,5H2,1H3/b6-4+,9-8?. The molecule has 0 aromatic heterocycles. The highest BCUT2D eigenvalue weighted by atomic mass is 16.1. The van der Waals surface area contributed by atoms with Gasteiger partial charge in [-0.15, -0.1) is 0 Å². The van der Waals surface area contributed by atoms with Gasteiger partial charge in [-0.2, -0.15) is 5.53 Å². The summed E-state index contributed by atoms with van der Waals surface area (Å²) in [5.74, 6) is 0. The second-order valence-electron chi connectivity index (χ2n) is 2.16. The number of hydrogen-bond donors (Lipinski definition) is 1. The van der Waals surface area contributed by atoms with Gasteiger partial charge in [0.15, 0.2) is 0 Å². The van der Waals surface area contributed by atoms with E-state index in [1.54, 1.807) is 13.2 Å². The lowest BCUT2D eigenvalue weighted by atomic mass is 10.2. The highest BCUT2D eigenvalue weighted by molar-refractivity contribution is 5.48. The third kappa shape index (κ3) is 6.70. The normalized spacial score (nSPS) is 9.91. The number of carbonyl (C=O) groups excluding carboxylic acids is 1. The minimum absolute atomic E-state index is 0.603. The lowest BCUT2D eigenvalue weighted by molar-refractivity contribution is -0.107. The summed E-state index contributed by atoms with van der Waals surface area (Å²) in [5.41, 5.74) is 6.57. The van der Waals surface area contributed by atoms with Crippen LogP contribution in [0.1, 0.15) is 19.3 Å². The Morgan fingerprint density at radius 3 is 2.82 bits per heavy atom. The van der Waals surface area contributed by atoms with Crippen LogP contribution in [0.25, 0.3) is 0 Å². The quantitative estimate of drug-likeness (QED) is 0.275. The molecule has 0 aliphatic rings. The van der Waals surface area contributed by atoms with Crippen molar-refractivity contribution in [3.05, 3.63) is 12.3 Å². The maximum atomic E-state index is 9.88. The first-order chi connectivity index (χ1) is 5.31. The molecule has 11 heavy (non-hydrogen) atoms. The molecule has 0 bridgehead atoms. The van der Waals surface area contributed by atoms with Crippen molar-refractivity contribution in [3.8, 4) is 0 Å². The van der Waals surface area contributed by atoms with Crippen molar-refractivity contribution in [2.75, 3.05) is 7.05 Å². The second kappa shape index (κ2) is 6.92. The van der Waals surface area contributed by atoms with E-state index in [4.69, 9.17) is 5.53 Å². The first-order valence-corrected chi connectivity index (χ1v) is 3.51. The lowest BCUT2D eigenvalue weighted by Gasteiger charge is -2.00. The smallest absolute Gasteiger partial charge is 0.120 e. The molecule has 0 radical (unpaired) electrons. The molecule has 0 aromatic carbocycles. The number of carbonyl (C=O) groups is 1. The Balaban J connectivity index is 3.28. The first kappa shape index (κ1) is 9.81. The molecule has 0 rings (SSSR count). The molecule has 0 aromatic rings. The molecule has 1 N–H and O–H groups in total. The largest absolute Gasteiger partial charge is 0.303 e. The third-order valence-electron chi connectivity index (χ3n) is 1.17. The predicted octanol–water partition coefficient (Wildman–Crippen LogP) is 1.75. The van der Waals surface area contributed by atoms with E-state index in [9.17, 15) is 4.79 Å². The van der Waals surface area contributed by atoms with Gasteiger partial charge in [0.1, 0.15) is 6.29 Å². The number of nitrogens with zero attached hydrogens (tertiary/aromatic N) is 2. The van der Waals surface area contributed by atoms with Crippen LogP contribution >= 0.6 is 0 Å². The summed E-state index contributed by atoms with van der Waals surface area (Å²) in [4.78, 5) is 9.88.